The second kappa shape index (κ2) is 4.97. The molecule has 0 fully saturated rings. The van der Waals surface area contributed by atoms with Crippen LogP contribution in [0.25, 0.3) is 0 Å². The molecule has 0 saturated heterocycles. The van der Waals surface area contributed by atoms with Crippen LogP contribution >= 0.6 is 0 Å². The molecule has 2 atom stereocenters. The number of nitrogens with zero attached hydrogens (tertiary/aromatic N) is 1. The van der Waals surface area contributed by atoms with E-state index < -0.39 is 0 Å². The van der Waals surface area contributed by atoms with Gasteiger partial charge in [-0.25, -0.2) is 0 Å². The van der Waals surface area contributed by atoms with Crippen LogP contribution in [0.3, 0.4) is 0 Å². The van der Waals surface area contributed by atoms with E-state index in [9.17, 15) is 10.1 Å². The molecule has 1 aliphatic heterocycles. The molecule has 0 aromatic heterocycles. The van der Waals surface area contributed by atoms with E-state index in [1.54, 1.807) is 0 Å². The van der Waals surface area contributed by atoms with Crippen LogP contribution in [-0.2, 0) is 9.53 Å². The Hall–Kier alpha value is -1.76. The number of hydrogen-bond donors (Lipinski definition) is 1. The summed E-state index contributed by atoms with van der Waals surface area (Å²) in [6.07, 6.45) is 2.08. The molecule has 2 rings (SSSR count). The zero-order valence-electron chi connectivity index (χ0n) is 12.6. The molecule has 0 unspecified atom stereocenters. The molecule has 0 aromatic carbocycles. The van der Waals surface area contributed by atoms with E-state index in [1.807, 2.05) is 0 Å². The molecule has 0 radical (unpaired) electrons. The van der Waals surface area contributed by atoms with Gasteiger partial charge < -0.3 is 10.5 Å². The third-order valence-electron chi connectivity index (χ3n) is 4.33. The van der Waals surface area contributed by atoms with Gasteiger partial charge >= 0.3 is 0 Å². The lowest BCUT2D eigenvalue weighted by Crippen LogP contribution is -2.36. The highest BCUT2D eigenvalue weighted by molar-refractivity contribution is 5.98. The summed E-state index contributed by atoms with van der Waals surface area (Å²) in [6.45, 7) is 8.22. The van der Waals surface area contributed by atoms with Gasteiger partial charge in [-0.05, 0) is 11.3 Å². The quantitative estimate of drug-likeness (QED) is 0.839. The zero-order chi connectivity index (χ0) is 15.1. The lowest BCUT2D eigenvalue weighted by atomic mass is 9.68. The molecule has 1 heterocycles. The molecule has 0 spiro atoms. The number of nitrogens with two attached hydrogens (primary N) is 1. The van der Waals surface area contributed by atoms with Crippen LogP contribution in [0.1, 0.15) is 47.0 Å². The van der Waals surface area contributed by atoms with Gasteiger partial charge in [-0.1, -0.05) is 34.1 Å². The molecule has 0 amide bonds. The van der Waals surface area contributed by atoms with E-state index in [0.29, 0.717) is 29.7 Å². The maximum absolute atomic E-state index is 12.5. The van der Waals surface area contributed by atoms with Crippen molar-refractivity contribution in [2.75, 3.05) is 0 Å². The largest absolute Gasteiger partial charge is 0.444 e. The molecule has 4 heteroatoms. The van der Waals surface area contributed by atoms with Crippen molar-refractivity contribution in [1.82, 2.24) is 0 Å². The van der Waals surface area contributed by atoms with Crippen molar-refractivity contribution >= 4 is 5.78 Å². The van der Waals surface area contributed by atoms with E-state index in [1.165, 1.54) is 0 Å². The average molecular weight is 274 g/mol. The van der Waals surface area contributed by atoms with Crippen molar-refractivity contribution in [1.29, 1.82) is 5.26 Å². The summed E-state index contributed by atoms with van der Waals surface area (Å²) in [5.41, 5.74) is 6.89. The van der Waals surface area contributed by atoms with E-state index >= 15 is 0 Å². The predicted molar refractivity (Wildman–Crippen MR) is 75.9 cm³/mol. The first-order chi connectivity index (χ1) is 9.30. The van der Waals surface area contributed by atoms with E-state index in [0.717, 1.165) is 6.42 Å². The van der Waals surface area contributed by atoms with Crippen LogP contribution in [0.2, 0.25) is 0 Å². The number of hydrogen-bond acceptors (Lipinski definition) is 4. The molecule has 2 aliphatic rings. The van der Waals surface area contributed by atoms with Crippen molar-refractivity contribution in [3.05, 3.63) is 22.8 Å². The van der Waals surface area contributed by atoms with Gasteiger partial charge in [0, 0.05) is 24.3 Å². The van der Waals surface area contributed by atoms with Crippen molar-refractivity contribution in [2.45, 2.75) is 47.0 Å². The Morgan fingerprint density at radius 3 is 2.70 bits per heavy atom. The fraction of sp³-hybridized carbons (Fsp3) is 0.625. The van der Waals surface area contributed by atoms with Crippen LogP contribution in [0.15, 0.2) is 22.8 Å². The third-order valence-corrected chi connectivity index (χ3v) is 4.33. The maximum Gasteiger partial charge on any atom is 0.204 e. The molecule has 108 valence electrons. The SMILES string of the molecule is CC[C@H](C)[C@@H]1C(C#N)=C(N)OC2=C1C(=O)CC(C)(C)C2. The molecule has 0 saturated carbocycles. The van der Waals surface area contributed by atoms with Gasteiger partial charge in [0.15, 0.2) is 5.78 Å². The van der Waals surface area contributed by atoms with Crippen molar-refractivity contribution in [3.63, 3.8) is 0 Å². The number of ether oxygens (including phenoxy) is 1. The van der Waals surface area contributed by atoms with Crippen LogP contribution in [-0.4, -0.2) is 5.78 Å². The standard InChI is InChI=1S/C16H22N2O2/c1-5-9(2)13-10(8-17)15(18)20-12-7-16(3,4)6-11(19)14(12)13/h9,13H,5-7,18H2,1-4H3/t9-,13+/m0/s1. The Labute approximate surface area is 120 Å². The first kappa shape index (κ1) is 14.6. The smallest absolute Gasteiger partial charge is 0.204 e. The minimum atomic E-state index is -0.211. The highest BCUT2D eigenvalue weighted by Gasteiger charge is 2.43. The second-order valence-corrected chi connectivity index (χ2v) is 6.63. The Morgan fingerprint density at radius 2 is 2.15 bits per heavy atom. The fourth-order valence-corrected chi connectivity index (χ4v) is 3.13. The topological polar surface area (TPSA) is 76.1 Å². The van der Waals surface area contributed by atoms with Crippen LogP contribution in [0.5, 0.6) is 0 Å². The van der Waals surface area contributed by atoms with E-state index in [-0.39, 0.29) is 28.9 Å². The van der Waals surface area contributed by atoms with Gasteiger partial charge in [-0.2, -0.15) is 5.26 Å². The van der Waals surface area contributed by atoms with Gasteiger partial charge in [0.05, 0.1) is 5.57 Å². The number of carbonyl (C=O) groups is 1. The van der Waals surface area contributed by atoms with E-state index in [2.05, 4.69) is 33.8 Å². The number of nitriles is 1. The Balaban J connectivity index is 2.54. The Kier molecular flexibility index (Phi) is 3.64. The number of allylic oxidation sites excluding steroid dienone is 3. The van der Waals surface area contributed by atoms with Gasteiger partial charge in [-0.15, -0.1) is 0 Å². The second-order valence-electron chi connectivity index (χ2n) is 6.63. The maximum atomic E-state index is 12.5. The molecular weight excluding hydrogens is 252 g/mol. The summed E-state index contributed by atoms with van der Waals surface area (Å²) in [5.74, 6) is 0.927. The summed E-state index contributed by atoms with van der Waals surface area (Å²) in [6, 6.07) is 2.14. The molecule has 20 heavy (non-hydrogen) atoms. The summed E-state index contributed by atoms with van der Waals surface area (Å²) in [7, 11) is 0. The minimum absolute atomic E-state index is 0.0989. The Morgan fingerprint density at radius 1 is 1.50 bits per heavy atom. The van der Waals surface area contributed by atoms with Gasteiger partial charge in [0.1, 0.15) is 11.8 Å². The summed E-state index contributed by atoms with van der Waals surface area (Å²) < 4.78 is 5.62. The zero-order valence-corrected chi connectivity index (χ0v) is 12.6. The normalized spacial score (nSPS) is 26.8. The van der Waals surface area contributed by atoms with Crippen LogP contribution < -0.4 is 5.73 Å². The molecule has 0 bridgehead atoms. The number of rotatable bonds is 2. The summed E-state index contributed by atoms with van der Waals surface area (Å²) >= 11 is 0. The molecule has 4 nitrogen and oxygen atoms in total. The first-order valence-corrected chi connectivity index (χ1v) is 7.14. The van der Waals surface area contributed by atoms with E-state index in [4.69, 9.17) is 10.5 Å². The monoisotopic (exact) mass is 274 g/mol. The number of carbonyl (C=O) groups excluding carboxylic acids is 1. The van der Waals surface area contributed by atoms with Crippen LogP contribution in [0.4, 0.5) is 0 Å². The fourth-order valence-electron chi connectivity index (χ4n) is 3.13. The molecule has 2 N–H and O–H groups in total. The van der Waals surface area contributed by atoms with Crippen molar-refractivity contribution in [2.24, 2.45) is 23.0 Å². The summed E-state index contributed by atoms with van der Waals surface area (Å²) in [4.78, 5) is 12.5. The Bertz CT molecular complexity index is 549. The van der Waals surface area contributed by atoms with Crippen LogP contribution in [0, 0.1) is 28.6 Å². The van der Waals surface area contributed by atoms with Gasteiger partial charge in [0.2, 0.25) is 5.88 Å². The molecule has 1 aliphatic carbocycles. The predicted octanol–water partition coefficient (Wildman–Crippen LogP) is 3.02. The van der Waals surface area contributed by atoms with Gasteiger partial charge in [-0.3, -0.25) is 4.79 Å². The third kappa shape index (κ3) is 2.33. The highest BCUT2D eigenvalue weighted by atomic mass is 16.5. The highest BCUT2D eigenvalue weighted by Crippen LogP contribution is 2.46. The number of ketones is 1. The summed E-state index contributed by atoms with van der Waals surface area (Å²) in [5, 5.41) is 9.35. The minimum Gasteiger partial charge on any atom is -0.444 e. The average Bonchev–Trinajstić information content (AvgIpc) is 2.34. The lowest BCUT2D eigenvalue weighted by molar-refractivity contribution is -0.119. The first-order valence-electron chi connectivity index (χ1n) is 7.14. The van der Waals surface area contributed by atoms with Crippen molar-refractivity contribution in [3.8, 4) is 6.07 Å². The lowest BCUT2D eigenvalue weighted by Gasteiger charge is -2.38. The number of Topliss-reactive ketones (excluding diaryl/α,β-unsaturated/α-hetero) is 1. The molecule has 0 aromatic rings. The van der Waals surface area contributed by atoms with Gasteiger partial charge in [0.25, 0.3) is 0 Å². The molecular formula is C16H22N2O2. The van der Waals surface area contributed by atoms with Crippen molar-refractivity contribution < 1.29 is 9.53 Å².